The first-order valence-electron chi connectivity index (χ1n) is 9.01. The third-order valence-electron chi connectivity index (χ3n) is 5.41. The highest BCUT2D eigenvalue weighted by molar-refractivity contribution is 8.01. The van der Waals surface area contributed by atoms with Crippen LogP contribution in [-0.2, 0) is 4.79 Å². The van der Waals surface area contributed by atoms with Crippen LogP contribution in [0.3, 0.4) is 0 Å². The van der Waals surface area contributed by atoms with Crippen LogP contribution in [0.15, 0.2) is 28.9 Å². The summed E-state index contributed by atoms with van der Waals surface area (Å²) in [5, 5.41) is 3.27. The molecule has 3 rings (SSSR count). The van der Waals surface area contributed by atoms with E-state index >= 15 is 0 Å². The first kappa shape index (κ1) is 16.8. The largest absolute Gasteiger partial charge is 0.353 e. The van der Waals surface area contributed by atoms with Gasteiger partial charge in [-0.1, -0.05) is 38.3 Å². The molecule has 0 aromatic carbocycles. The molecule has 2 aliphatic heterocycles. The second-order valence-electron chi connectivity index (χ2n) is 7.05. The minimum Gasteiger partial charge on any atom is -0.353 e. The molecule has 1 N–H and O–H groups in total. The number of allylic oxidation sites excluding steroid dienone is 3. The topological polar surface area (TPSA) is 41.5 Å². The second-order valence-corrected chi connectivity index (χ2v) is 8.40. The molecule has 0 bridgehead atoms. The fraction of sp³-hybridized carbons (Fsp3) is 0.684. The summed E-state index contributed by atoms with van der Waals surface area (Å²) < 4.78 is 0.0525. The summed E-state index contributed by atoms with van der Waals surface area (Å²) >= 11 is 1.95. The molecule has 1 aliphatic carbocycles. The second kappa shape index (κ2) is 7.25. The van der Waals surface area contributed by atoms with E-state index in [0.717, 1.165) is 25.0 Å². The Labute approximate surface area is 144 Å². The minimum atomic E-state index is 0.0525. The Kier molecular flexibility index (Phi) is 5.30. The summed E-state index contributed by atoms with van der Waals surface area (Å²) in [7, 11) is 0. The number of amides is 1. The van der Waals surface area contributed by atoms with E-state index in [9.17, 15) is 4.79 Å². The normalized spacial score (nSPS) is 32.9. The van der Waals surface area contributed by atoms with Gasteiger partial charge < -0.3 is 5.32 Å². The van der Waals surface area contributed by atoms with Crippen LogP contribution >= 0.6 is 11.8 Å². The van der Waals surface area contributed by atoms with E-state index in [-0.39, 0.29) is 22.6 Å². The van der Waals surface area contributed by atoms with E-state index in [1.807, 2.05) is 18.0 Å². The lowest BCUT2D eigenvalue weighted by Crippen LogP contribution is -2.45. The molecule has 4 atom stereocenters. The maximum Gasteiger partial charge on any atom is 0.224 e. The van der Waals surface area contributed by atoms with Gasteiger partial charge in [-0.05, 0) is 38.2 Å². The SMILES string of the molecule is CCCCCC(C)NC(=O)C1CSC23CC=CC=C2N=CCC13. The van der Waals surface area contributed by atoms with Crippen molar-refractivity contribution in [1.82, 2.24) is 5.32 Å². The van der Waals surface area contributed by atoms with E-state index in [4.69, 9.17) is 0 Å². The van der Waals surface area contributed by atoms with Gasteiger partial charge in [-0.15, -0.1) is 11.8 Å². The molecule has 0 aromatic heterocycles. The van der Waals surface area contributed by atoms with Crippen molar-refractivity contribution in [2.24, 2.45) is 16.8 Å². The van der Waals surface area contributed by atoms with Crippen molar-refractivity contribution >= 4 is 23.9 Å². The Morgan fingerprint density at radius 3 is 3.22 bits per heavy atom. The lowest BCUT2D eigenvalue weighted by atomic mass is 9.73. The molecule has 0 saturated carbocycles. The number of unbranched alkanes of at least 4 members (excludes halogenated alkanes) is 2. The monoisotopic (exact) mass is 332 g/mol. The maximum absolute atomic E-state index is 12.8. The molecule has 1 fully saturated rings. The van der Waals surface area contributed by atoms with Gasteiger partial charge >= 0.3 is 0 Å². The summed E-state index contributed by atoms with van der Waals surface area (Å²) in [5.74, 6) is 1.69. The zero-order valence-electron chi connectivity index (χ0n) is 14.3. The molecular weight excluding hydrogens is 304 g/mol. The number of nitrogens with zero attached hydrogens (tertiary/aromatic N) is 1. The Morgan fingerprint density at radius 1 is 1.52 bits per heavy atom. The molecule has 4 unspecified atom stereocenters. The van der Waals surface area contributed by atoms with E-state index < -0.39 is 0 Å². The van der Waals surface area contributed by atoms with Gasteiger partial charge in [-0.2, -0.15) is 0 Å². The Balaban J connectivity index is 1.64. The van der Waals surface area contributed by atoms with Crippen molar-refractivity contribution < 1.29 is 4.79 Å². The van der Waals surface area contributed by atoms with Crippen LogP contribution in [0.2, 0.25) is 0 Å². The molecule has 23 heavy (non-hydrogen) atoms. The average Bonchev–Trinajstić information content (AvgIpc) is 2.93. The van der Waals surface area contributed by atoms with Gasteiger partial charge in [0.25, 0.3) is 0 Å². The van der Waals surface area contributed by atoms with Crippen molar-refractivity contribution in [3.63, 3.8) is 0 Å². The molecule has 1 amide bonds. The highest BCUT2D eigenvalue weighted by atomic mass is 32.2. The number of aliphatic imine (C=N–C) groups is 1. The van der Waals surface area contributed by atoms with Crippen LogP contribution in [0.5, 0.6) is 0 Å². The van der Waals surface area contributed by atoms with E-state index in [2.05, 4.69) is 42.4 Å². The smallest absolute Gasteiger partial charge is 0.224 e. The molecule has 1 saturated heterocycles. The summed E-state index contributed by atoms with van der Waals surface area (Å²) in [5.41, 5.74) is 1.17. The maximum atomic E-state index is 12.8. The van der Waals surface area contributed by atoms with Crippen molar-refractivity contribution in [3.05, 3.63) is 23.9 Å². The van der Waals surface area contributed by atoms with Crippen LogP contribution in [0.4, 0.5) is 0 Å². The van der Waals surface area contributed by atoms with Crippen LogP contribution < -0.4 is 5.32 Å². The minimum absolute atomic E-state index is 0.0525. The van der Waals surface area contributed by atoms with Crippen LogP contribution in [-0.4, -0.2) is 28.7 Å². The number of hydrogen-bond donors (Lipinski definition) is 1. The van der Waals surface area contributed by atoms with Crippen LogP contribution in [0, 0.1) is 11.8 Å². The molecule has 2 heterocycles. The third kappa shape index (κ3) is 3.28. The molecular formula is C19H28N2OS. The van der Waals surface area contributed by atoms with Crippen molar-refractivity contribution in [2.75, 3.05) is 5.75 Å². The van der Waals surface area contributed by atoms with Crippen LogP contribution in [0.25, 0.3) is 0 Å². The van der Waals surface area contributed by atoms with Crippen molar-refractivity contribution in [1.29, 1.82) is 0 Å². The number of nitrogens with one attached hydrogen (secondary N) is 1. The lowest BCUT2D eigenvalue weighted by molar-refractivity contribution is -0.126. The van der Waals surface area contributed by atoms with Gasteiger partial charge in [-0.25, -0.2) is 0 Å². The fourth-order valence-corrected chi connectivity index (χ4v) is 5.88. The zero-order chi connectivity index (χ0) is 16.3. The number of carbonyl (C=O) groups is 1. The molecule has 0 radical (unpaired) electrons. The number of rotatable bonds is 6. The zero-order valence-corrected chi connectivity index (χ0v) is 15.1. The summed E-state index contributed by atoms with van der Waals surface area (Å²) in [6, 6.07) is 0.286. The predicted octanol–water partition coefficient (Wildman–Crippen LogP) is 4.11. The lowest BCUT2D eigenvalue weighted by Gasteiger charge is -2.39. The Hall–Kier alpha value is -1.03. The van der Waals surface area contributed by atoms with E-state index in [0.29, 0.717) is 5.92 Å². The highest BCUT2D eigenvalue weighted by Crippen LogP contribution is 2.57. The molecule has 1 spiro atoms. The standard InChI is InChI=1S/C19H28N2OS/c1-3-4-5-8-14(2)21-18(22)15-13-23-19-11-7-6-9-17(19)20-12-10-16(15)19/h6-7,9,12,14-16H,3-5,8,10-11,13H2,1-2H3,(H,21,22). The first-order valence-corrected chi connectivity index (χ1v) is 10.00. The highest BCUT2D eigenvalue weighted by Gasteiger charge is 2.54. The van der Waals surface area contributed by atoms with Crippen molar-refractivity contribution in [2.45, 2.75) is 63.2 Å². The average molecular weight is 333 g/mol. The molecule has 4 heteroatoms. The summed E-state index contributed by atoms with van der Waals surface area (Å²) in [4.78, 5) is 17.4. The molecule has 0 aromatic rings. The number of carbonyl (C=O) groups excluding carboxylic acids is 1. The van der Waals surface area contributed by atoms with Gasteiger partial charge in [-0.3, -0.25) is 9.79 Å². The van der Waals surface area contributed by atoms with Crippen molar-refractivity contribution in [3.8, 4) is 0 Å². The summed E-state index contributed by atoms with van der Waals surface area (Å²) in [6.07, 6.45) is 15.2. The quantitative estimate of drug-likeness (QED) is 0.744. The van der Waals surface area contributed by atoms with Gasteiger partial charge in [0.1, 0.15) is 0 Å². The Bertz CT molecular complexity index is 539. The Morgan fingerprint density at radius 2 is 2.39 bits per heavy atom. The first-order chi connectivity index (χ1) is 11.2. The molecule has 126 valence electrons. The van der Waals surface area contributed by atoms with Gasteiger partial charge in [0, 0.05) is 18.0 Å². The summed E-state index contributed by atoms with van der Waals surface area (Å²) in [6.45, 7) is 4.36. The number of thioether (sulfide) groups is 1. The van der Waals surface area contributed by atoms with E-state index in [1.54, 1.807) is 0 Å². The number of hydrogen-bond acceptors (Lipinski definition) is 3. The third-order valence-corrected chi connectivity index (χ3v) is 7.13. The van der Waals surface area contributed by atoms with Gasteiger partial charge in [0.05, 0.1) is 16.4 Å². The van der Waals surface area contributed by atoms with Crippen LogP contribution in [0.1, 0.15) is 52.4 Å². The van der Waals surface area contributed by atoms with Gasteiger partial charge in [0.15, 0.2) is 0 Å². The predicted molar refractivity (Wildman–Crippen MR) is 98.9 cm³/mol. The molecule has 3 nitrogen and oxygen atoms in total. The molecule has 3 aliphatic rings. The fourth-order valence-electron chi connectivity index (χ4n) is 4.06. The van der Waals surface area contributed by atoms with Gasteiger partial charge in [0.2, 0.25) is 5.91 Å². The van der Waals surface area contributed by atoms with E-state index in [1.165, 1.54) is 25.0 Å².